The molecule has 0 unspecified atom stereocenters. The highest BCUT2D eigenvalue weighted by Gasteiger charge is 2.21. The van der Waals surface area contributed by atoms with Crippen molar-refractivity contribution in [1.29, 1.82) is 0 Å². The fourth-order valence-electron chi connectivity index (χ4n) is 2.65. The Kier molecular flexibility index (Phi) is 5.37. The van der Waals surface area contributed by atoms with Gasteiger partial charge in [0.05, 0.1) is 0 Å². The van der Waals surface area contributed by atoms with Gasteiger partial charge in [0, 0.05) is 32.5 Å². The molecule has 1 aromatic rings. The molecule has 4 heteroatoms. The number of benzene rings is 1. The summed E-state index contributed by atoms with van der Waals surface area (Å²) < 4.78 is 0. The number of carbonyl (C=O) groups is 2. The quantitative estimate of drug-likeness (QED) is 0.922. The number of rotatable bonds is 4. The third kappa shape index (κ3) is 4.88. The van der Waals surface area contributed by atoms with Gasteiger partial charge in [-0.3, -0.25) is 9.59 Å². The van der Waals surface area contributed by atoms with Gasteiger partial charge >= 0.3 is 0 Å². The zero-order valence-electron chi connectivity index (χ0n) is 12.9. The van der Waals surface area contributed by atoms with Gasteiger partial charge in [-0.2, -0.15) is 0 Å². The molecule has 1 saturated heterocycles. The average Bonchev–Trinajstić information content (AvgIpc) is 2.47. The summed E-state index contributed by atoms with van der Waals surface area (Å²) in [5.74, 6) is 0.232. The Morgan fingerprint density at radius 1 is 1.19 bits per heavy atom. The fraction of sp³-hybridized carbons (Fsp3) is 0.529. The highest BCUT2D eigenvalue weighted by atomic mass is 16.2. The molecular weight excluding hydrogens is 264 g/mol. The molecule has 1 N–H and O–H groups in total. The molecule has 1 aliphatic heterocycles. The van der Waals surface area contributed by atoms with E-state index in [1.165, 1.54) is 11.1 Å². The number of hydrogen-bond acceptors (Lipinski definition) is 2. The van der Waals surface area contributed by atoms with E-state index in [1.807, 2.05) is 4.90 Å². The number of nitrogens with zero attached hydrogens (tertiary/aromatic N) is 1. The molecule has 1 aromatic carbocycles. The SMILES string of the molecule is CC(=O)N1CCC(NC(=O)CCc2ccc(C)cc2)CC1. The molecule has 2 amide bonds. The van der Waals surface area contributed by atoms with Crippen molar-refractivity contribution in [3.05, 3.63) is 35.4 Å². The Morgan fingerprint density at radius 3 is 2.38 bits per heavy atom. The summed E-state index contributed by atoms with van der Waals surface area (Å²) >= 11 is 0. The van der Waals surface area contributed by atoms with E-state index >= 15 is 0 Å². The first-order chi connectivity index (χ1) is 10.0. The molecular formula is C17H24N2O2. The average molecular weight is 288 g/mol. The smallest absolute Gasteiger partial charge is 0.220 e. The zero-order chi connectivity index (χ0) is 15.2. The van der Waals surface area contributed by atoms with Gasteiger partial charge in [-0.25, -0.2) is 0 Å². The van der Waals surface area contributed by atoms with Gasteiger partial charge in [-0.1, -0.05) is 29.8 Å². The second-order valence-corrected chi connectivity index (χ2v) is 5.83. The van der Waals surface area contributed by atoms with E-state index in [4.69, 9.17) is 0 Å². The molecule has 0 aliphatic carbocycles. The van der Waals surface area contributed by atoms with Gasteiger partial charge in [0.2, 0.25) is 11.8 Å². The maximum absolute atomic E-state index is 12.0. The number of amides is 2. The molecule has 0 radical (unpaired) electrons. The van der Waals surface area contributed by atoms with E-state index in [9.17, 15) is 9.59 Å². The van der Waals surface area contributed by atoms with Gasteiger partial charge < -0.3 is 10.2 Å². The molecule has 0 saturated carbocycles. The summed E-state index contributed by atoms with van der Waals surface area (Å²) in [6, 6.07) is 8.52. The second-order valence-electron chi connectivity index (χ2n) is 5.83. The van der Waals surface area contributed by atoms with E-state index in [0.29, 0.717) is 6.42 Å². The molecule has 0 bridgehead atoms. The van der Waals surface area contributed by atoms with Crippen LogP contribution in [-0.4, -0.2) is 35.8 Å². The Balaban J connectivity index is 1.70. The maximum atomic E-state index is 12.0. The van der Waals surface area contributed by atoms with Gasteiger partial charge in [0.1, 0.15) is 0 Å². The van der Waals surface area contributed by atoms with E-state index < -0.39 is 0 Å². The zero-order valence-corrected chi connectivity index (χ0v) is 12.9. The second kappa shape index (κ2) is 7.25. The van der Waals surface area contributed by atoms with Gasteiger partial charge in [-0.05, 0) is 31.7 Å². The third-order valence-electron chi connectivity index (χ3n) is 4.07. The largest absolute Gasteiger partial charge is 0.353 e. The van der Waals surface area contributed by atoms with Crippen molar-refractivity contribution in [2.24, 2.45) is 0 Å². The number of piperidine rings is 1. The predicted molar refractivity (Wildman–Crippen MR) is 82.9 cm³/mol. The fourth-order valence-corrected chi connectivity index (χ4v) is 2.65. The van der Waals surface area contributed by atoms with Crippen LogP contribution < -0.4 is 5.32 Å². The lowest BCUT2D eigenvalue weighted by Gasteiger charge is -2.31. The molecule has 0 spiro atoms. The Hall–Kier alpha value is -1.84. The van der Waals surface area contributed by atoms with Crippen LogP contribution in [0.3, 0.4) is 0 Å². The molecule has 1 heterocycles. The van der Waals surface area contributed by atoms with Gasteiger partial charge in [-0.15, -0.1) is 0 Å². The van der Waals surface area contributed by atoms with Crippen molar-refractivity contribution < 1.29 is 9.59 Å². The summed E-state index contributed by atoms with van der Waals surface area (Å²) in [7, 11) is 0. The lowest BCUT2D eigenvalue weighted by Crippen LogP contribution is -2.46. The minimum Gasteiger partial charge on any atom is -0.353 e. The normalized spacial score (nSPS) is 15.8. The monoisotopic (exact) mass is 288 g/mol. The van der Waals surface area contributed by atoms with Crippen LogP contribution in [0.15, 0.2) is 24.3 Å². The first-order valence-electron chi connectivity index (χ1n) is 7.65. The number of aryl methyl sites for hydroxylation is 2. The van der Waals surface area contributed by atoms with Crippen molar-refractivity contribution in [1.82, 2.24) is 10.2 Å². The van der Waals surface area contributed by atoms with Crippen LogP contribution in [0.4, 0.5) is 0 Å². The van der Waals surface area contributed by atoms with Crippen LogP contribution in [0.5, 0.6) is 0 Å². The minimum absolute atomic E-state index is 0.108. The Bertz CT molecular complexity index is 488. The summed E-state index contributed by atoms with van der Waals surface area (Å²) in [5, 5.41) is 3.08. The third-order valence-corrected chi connectivity index (χ3v) is 4.07. The Morgan fingerprint density at radius 2 is 1.81 bits per heavy atom. The maximum Gasteiger partial charge on any atom is 0.220 e. The molecule has 2 rings (SSSR count). The van der Waals surface area contributed by atoms with E-state index in [1.54, 1.807) is 6.92 Å². The first-order valence-corrected chi connectivity index (χ1v) is 7.65. The topological polar surface area (TPSA) is 49.4 Å². The van der Waals surface area contributed by atoms with Gasteiger partial charge in [0.15, 0.2) is 0 Å². The molecule has 1 aliphatic rings. The van der Waals surface area contributed by atoms with Crippen molar-refractivity contribution in [3.8, 4) is 0 Å². The summed E-state index contributed by atoms with van der Waals surface area (Å²) in [6.45, 7) is 5.15. The predicted octanol–water partition coefficient (Wildman–Crippen LogP) is 2.05. The highest BCUT2D eigenvalue weighted by Crippen LogP contribution is 2.11. The van der Waals surface area contributed by atoms with Gasteiger partial charge in [0.25, 0.3) is 0 Å². The van der Waals surface area contributed by atoms with Crippen LogP contribution in [0.2, 0.25) is 0 Å². The summed E-state index contributed by atoms with van der Waals surface area (Å²) in [6.07, 6.45) is 3.01. The number of likely N-dealkylation sites (tertiary alicyclic amines) is 1. The Labute approximate surface area is 126 Å². The van der Waals surface area contributed by atoms with E-state index in [2.05, 4.69) is 36.5 Å². The van der Waals surface area contributed by atoms with Crippen molar-refractivity contribution in [2.75, 3.05) is 13.1 Å². The van der Waals surface area contributed by atoms with E-state index in [-0.39, 0.29) is 17.9 Å². The molecule has 0 atom stereocenters. The number of hydrogen-bond donors (Lipinski definition) is 1. The van der Waals surface area contributed by atoms with Crippen LogP contribution >= 0.6 is 0 Å². The van der Waals surface area contributed by atoms with Crippen molar-refractivity contribution in [3.63, 3.8) is 0 Å². The van der Waals surface area contributed by atoms with Crippen LogP contribution in [-0.2, 0) is 16.0 Å². The van der Waals surface area contributed by atoms with E-state index in [0.717, 1.165) is 32.4 Å². The van der Waals surface area contributed by atoms with Crippen LogP contribution in [0.25, 0.3) is 0 Å². The molecule has 114 valence electrons. The van der Waals surface area contributed by atoms with Crippen LogP contribution in [0.1, 0.15) is 37.3 Å². The highest BCUT2D eigenvalue weighted by molar-refractivity contribution is 5.76. The van der Waals surface area contributed by atoms with Crippen molar-refractivity contribution >= 4 is 11.8 Å². The molecule has 1 fully saturated rings. The molecule has 4 nitrogen and oxygen atoms in total. The lowest BCUT2D eigenvalue weighted by molar-refractivity contribution is -0.130. The number of nitrogens with one attached hydrogen (secondary N) is 1. The summed E-state index contributed by atoms with van der Waals surface area (Å²) in [5.41, 5.74) is 2.43. The number of carbonyl (C=O) groups excluding carboxylic acids is 2. The first kappa shape index (κ1) is 15.5. The standard InChI is InChI=1S/C17H24N2O2/c1-13-3-5-15(6-4-13)7-8-17(21)18-16-9-11-19(12-10-16)14(2)20/h3-6,16H,7-12H2,1-2H3,(H,18,21). The molecule has 21 heavy (non-hydrogen) atoms. The lowest BCUT2D eigenvalue weighted by atomic mass is 10.0. The molecule has 0 aromatic heterocycles. The summed E-state index contributed by atoms with van der Waals surface area (Å²) in [4.78, 5) is 25.1. The van der Waals surface area contributed by atoms with Crippen LogP contribution in [0, 0.1) is 6.92 Å². The van der Waals surface area contributed by atoms with Crippen molar-refractivity contribution in [2.45, 2.75) is 45.6 Å². The minimum atomic E-state index is 0.108.